The van der Waals surface area contributed by atoms with Crippen molar-refractivity contribution in [1.29, 1.82) is 0 Å². The summed E-state index contributed by atoms with van der Waals surface area (Å²) in [6.07, 6.45) is 0.108. The van der Waals surface area contributed by atoms with Gasteiger partial charge < -0.3 is 24.7 Å². The van der Waals surface area contributed by atoms with E-state index in [1.165, 1.54) is 7.11 Å². The number of rotatable bonds is 5. The highest BCUT2D eigenvalue weighted by molar-refractivity contribution is 5.70. The zero-order chi connectivity index (χ0) is 13.8. The predicted octanol–water partition coefficient (Wildman–Crippen LogP) is 1.38. The van der Waals surface area contributed by atoms with Gasteiger partial charge in [-0.05, 0) is 24.6 Å². The van der Waals surface area contributed by atoms with Crippen molar-refractivity contribution in [1.82, 2.24) is 0 Å². The Balaban J connectivity index is 2.18. The van der Waals surface area contributed by atoms with E-state index in [-0.39, 0.29) is 19.2 Å². The van der Waals surface area contributed by atoms with Crippen LogP contribution < -0.4 is 19.9 Å². The molecule has 6 heteroatoms. The van der Waals surface area contributed by atoms with Gasteiger partial charge in [0.15, 0.2) is 11.5 Å². The summed E-state index contributed by atoms with van der Waals surface area (Å²) < 4.78 is 20.7. The van der Waals surface area contributed by atoms with Crippen LogP contribution >= 0.6 is 0 Å². The van der Waals surface area contributed by atoms with Crippen molar-refractivity contribution in [2.24, 2.45) is 5.73 Å². The summed E-state index contributed by atoms with van der Waals surface area (Å²) in [4.78, 5) is 11.4. The molecule has 104 valence electrons. The second-order valence-electron chi connectivity index (χ2n) is 4.07. The van der Waals surface area contributed by atoms with E-state index in [1.807, 2.05) is 0 Å². The average Bonchev–Trinajstić information content (AvgIpc) is 2.85. The second kappa shape index (κ2) is 5.79. The van der Waals surface area contributed by atoms with Gasteiger partial charge in [-0.2, -0.15) is 0 Å². The SMILES string of the molecule is CCOC(=O)C[C@@H](N)c1cc(OC)c2c(c1)OCO2. The minimum Gasteiger partial charge on any atom is -0.493 e. The van der Waals surface area contributed by atoms with Crippen LogP contribution in [0.25, 0.3) is 0 Å². The molecule has 0 aromatic heterocycles. The van der Waals surface area contributed by atoms with Crippen LogP contribution in [0, 0.1) is 0 Å². The molecule has 1 atom stereocenters. The van der Waals surface area contributed by atoms with Gasteiger partial charge in [-0.25, -0.2) is 0 Å². The molecule has 0 saturated carbocycles. The number of methoxy groups -OCH3 is 1. The first-order valence-corrected chi connectivity index (χ1v) is 6.04. The Bertz CT molecular complexity index is 474. The zero-order valence-corrected chi connectivity index (χ0v) is 11.0. The number of nitrogens with two attached hydrogens (primary N) is 1. The third-order valence-corrected chi connectivity index (χ3v) is 2.80. The van der Waals surface area contributed by atoms with Gasteiger partial charge in [0.1, 0.15) is 0 Å². The lowest BCUT2D eigenvalue weighted by Crippen LogP contribution is -2.17. The highest BCUT2D eigenvalue weighted by atomic mass is 16.7. The maximum atomic E-state index is 11.4. The van der Waals surface area contributed by atoms with Gasteiger partial charge in [0.2, 0.25) is 12.5 Å². The predicted molar refractivity (Wildman–Crippen MR) is 67.3 cm³/mol. The minimum absolute atomic E-state index is 0.108. The van der Waals surface area contributed by atoms with Crippen molar-refractivity contribution < 1.29 is 23.7 Å². The first-order valence-electron chi connectivity index (χ1n) is 6.04. The second-order valence-corrected chi connectivity index (χ2v) is 4.07. The monoisotopic (exact) mass is 267 g/mol. The molecule has 0 fully saturated rings. The summed E-state index contributed by atoms with van der Waals surface area (Å²) in [6, 6.07) is 3.04. The van der Waals surface area contributed by atoms with Crippen molar-refractivity contribution in [3.63, 3.8) is 0 Å². The molecule has 0 aliphatic carbocycles. The first kappa shape index (κ1) is 13.5. The fraction of sp³-hybridized carbons (Fsp3) is 0.462. The van der Waals surface area contributed by atoms with Crippen LogP contribution in [-0.4, -0.2) is 26.5 Å². The fourth-order valence-electron chi connectivity index (χ4n) is 1.88. The molecule has 1 aromatic rings. The largest absolute Gasteiger partial charge is 0.493 e. The molecular weight excluding hydrogens is 250 g/mol. The molecule has 0 bridgehead atoms. The molecule has 0 saturated heterocycles. The Labute approximate surface area is 111 Å². The quantitative estimate of drug-likeness (QED) is 0.812. The number of hydrogen-bond acceptors (Lipinski definition) is 6. The van der Waals surface area contributed by atoms with Crippen LogP contribution in [-0.2, 0) is 9.53 Å². The van der Waals surface area contributed by atoms with Gasteiger partial charge >= 0.3 is 5.97 Å². The minimum atomic E-state index is -0.470. The molecule has 0 unspecified atom stereocenters. The van der Waals surface area contributed by atoms with Crippen molar-refractivity contribution in [3.8, 4) is 17.2 Å². The van der Waals surface area contributed by atoms with E-state index in [1.54, 1.807) is 19.1 Å². The Morgan fingerprint density at radius 2 is 2.26 bits per heavy atom. The Morgan fingerprint density at radius 1 is 1.47 bits per heavy atom. The number of benzene rings is 1. The van der Waals surface area contributed by atoms with E-state index in [2.05, 4.69) is 0 Å². The molecule has 0 amide bonds. The Kier molecular flexibility index (Phi) is 4.11. The van der Waals surface area contributed by atoms with Gasteiger partial charge in [-0.1, -0.05) is 0 Å². The van der Waals surface area contributed by atoms with Crippen LogP contribution in [0.5, 0.6) is 17.2 Å². The van der Waals surface area contributed by atoms with E-state index in [0.29, 0.717) is 23.9 Å². The normalized spacial score (nSPS) is 14.1. The van der Waals surface area contributed by atoms with Crippen molar-refractivity contribution in [2.75, 3.05) is 20.5 Å². The van der Waals surface area contributed by atoms with E-state index in [9.17, 15) is 4.79 Å². The lowest BCUT2D eigenvalue weighted by Gasteiger charge is -2.13. The molecular formula is C13H17NO5. The molecule has 1 aromatic carbocycles. The zero-order valence-electron chi connectivity index (χ0n) is 11.0. The third kappa shape index (κ3) is 2.90. The molecule has 0 spiro atoms. The number of ether oxygens (including phenoxy) is 4. The van der Waals surface area contributed by atoms with Gasteiger partial charge in [-0.3, -0.25) is 4.79 Å². The van der Waals surface area contributed by atoms with E-state index >= 15 is 0 Å². The topological polar surface area (TPSA) is 80.0 Å². The molecule has 6 nitrogen and oxygen atoms in total. The molecule has 1 aliphatic rings. The summed E-state index contributed by atoms with van der Waals surface area (Å²) in [5.41, 5.74) is 6.74. The number of esters is 1. The molecule has 1 aliphatic heterocycles. The maximum absolute atomic E-state index is 11.4. The number of hydrogen-bond donors (Lipinski definition) is 1. The lowest BCUT2D eigenvalue weighted by molar-refractivity contribution is -0.143. The van der Waals surface area contributed by atoms with Crippen LogP contribution in [0.2, 0.25) is 0 Å². The smallest absolute Gasteiger partial charge is 0.307 e. The van der Waals surface area contributed by atoms with Crippen LogP contribution in [0.1, 0.15) is 24.9 Å². The number of carbonyl (C=O) groups excluding carboxylic acids is 1. The maximum Gasteiger partial charge on any atom is 0.307 e. The van der Waals surface area contributed by atoms with Crippen LogP contribution in [0.4, 0.5) is 0 Å². The third-order valence-electron chi connectivity index (χ3n) is 2.80. The van der Waals surface area contributed by atoms with Gasteiger partial charge in [-0.15, -0.1) is 0 Å². The summed E-state index contributed by atoms with van der Waals surface area (Å²) in [5.74, 6) is 1.36. The number of fused-ring (bicyclic) bond motifs is 1. The fourth-order valence-corrected chi connectivity index (χ4v) is 1.88. The van der Waals surface area contributed by atoms with Crippen molar-refractivity contribution in [3.05, 3.63) is 17.7 Å². The lowest BCUT2D eigenvalue weighted by atomic mass is 10.0. The highest BCUT2D eigenvalue weighted by Crippen LogP contribution is 2.43. The average molecular weight is 267 g/mol. The Hall–Kier alpha value is -1.95. The summed E-state index contributed by atoms with van der Waals surface area (Å²) in [7, 11) is 1.54. The Morgan fingerprint density at radius 3 is 2.95 bits per heavy atom. The van der Waals surface area contributed by atoms with Crippen LogP contribution in [0.15, 0.2) is 12.1 Å². The summed E-state index contributed by atoms with van der Waals surface area (Å²) in [5, 5.41) is 0. The van der Waals surface area contributed by atoms with Gasteiger partial charge in [0, 0.05) is 6.04 Å². The number of carbonyl (C=O) groups is 1. The molecule has 19 heavy (non-hydrogen) atoms. The summed E-state index contributed by atoms with van der Waals surface area (Å²) in [6.45, 7) is 2.26. The van der Waals surface area contributed by atoms with Crippen molar-refractivity contribution in [2.45, 2.75) is 19.4 Å². The molecule has 1 heterocycles. The molecule has 2 N–H and O–H groups in total. The highest BCUT2D eigenvalue weighted by Gasteiger charge is 2.23. The summed E-state index contributed by atoms with van der Waals surface area (Å²) >= 11 is 0. The molecule has 0 radical (unpaired) electrons. The molecule has 2 rings (SSSR count). The standard InChI is InChI=1S/C13H17NO5/c1-3-17-12(15)6-9(14)8-4-10(16-2)13-11(5-8)18-7-19-13/h4-5,9H,3,6-7,14H2,1-2H3/t9-/m1/s1. The van der Waals surface area contributed by atoms with Crippen molar-refractivity contribution >= 4 is 5.97 Å². The van der Waals surface area contributed by atoms with E-state index in [4.69, 9.17) is 24.7 Å². The first-order chi connectivity index (χ1) is 9.15. The van der Waals surface area contributed by atoms with Gasteiger partial charge in [0.25, 0.3) is 0 Å². The van der Waals surface area contributed by atoms with E-state index < -0.39 is 6.04 Å². The van der Waals surface area contributed by atoms with E-state index in [0.717, 1.165) is 5.56 Å². The van der Waals surface area contributed by atoms with Crippen LogP contribution in [0.3, 0.4) is 0 Å². The van der Waals surface area contributed by atoms with Gasteiger partial charge in [0.05, 0.1) is 20.1 Å².